The van der Waals surface area contributed by atoms with Crippen molar-refractivity contribution >= 4 is 12.6 Å². The molecule has 4 heterocycles. The summed E-state index contributed by atoms with van der Waals surface area (Å²) < 4.78 is 0. The zero-order valence-corrected chi connectivity index (χ0v) is 61.5. The van der Waals surface area contributed by atoms with E-state index < -0.39 is 0 Å². The number of benzene rings is 4. The smallest absolute Gasteiger partial charge is 0.0852 e. The third-order valence-electron chi connectivity index (χ3n) is 15.0. The number of hydrogen-bond donors (Lipinski definition) is 5. The van der Waals surface area contributed by atoms with Gasteiger partial charge in [0.2, 0.25) is 0 Å². The molecular formula is C81H122N8O2S. The number of nitrogens with zero attached hydrogens (tertiary/aromatic N) is 6. The van der Waals surface area contributed by atoms with Crippen molar-refractivity contribution in [3.8, 4) is 0 Å². The van der Waals surface area contributed by atoms with E-state index in [-0.39, 0.29) is 13.2 Å². The number of thiol groups is 1. The Morgan fingerprint density at radius 3 is 0.826 bits per heavy atom. The topological polar surface area (TPSA) is 151 Å². The second kappa shape index (κ2) is 47.5. The molecule has 0 unspecified atom stereocenters. The molecule has 8 rings (SSSR count). The number of pyridine rings is 4. The summed E-state index contributed by atoms with van der Waals surface area (Å²) in [4.78, 5) is 21.2. The first-order valence-electron chi connectivity index (χ1n) is 33.3. The van der Waals surface area contributed by atoms with Gasteiger partial charge in [-0.1, -0.05) is 239 Å². The van der Waals surface area contributed by atoms with Crippen LogP contribution in [-0.2, 0) is 51.6 Å². The summed E-state index contributed by atoms with van der Waals surface area (Å²) in [5.41, 5.74) is 30.4. The maximum absolute atomic E-state index is 8.77. The number of rotatable bonds is 18. The fourth-order valence-electron chi connectivity index (χ4n) is 8.39. The first kappa shape index (κ1) is 83.6. The summed E-state index contributed by atoms with van der Waals surface area (Å²) in [6, 6.07) is 50.7. The molecule has 0 aliphatic heterocycles. The highest BCUT2D eigenvalue weighted by Gasteiger charge is 2.05. The molecule has 0 spiro atoms. The first-order valence-corrected chi connectivity index (χ1v) is 33.9. The fourth-order valence-corrected chi connectivity index (χ4v) is 8.58. The number of aromatic nitrogens is 4. The molecule has 92 heavy (non-hydrogen) atoms. The minimum Gasteiger partial charge on any atom is -0.392 e. The molecule has 0 saturated carbocycles. The van der Waals surface area contributed by atoms with Gasteiger partial charge in [-0.2, -0.15) is 12.6 Å². The minimum absolute atomic E-state index is 0.0262. The van der Waals surface area contributed by atoms with E-state index in [4.69, 9.17) is 21.7 Å². The lowest BCUT2D eigenvalue weighted by Crippen LogP contribution is -2.11. The molecule has 0 saturated heterocycles. The van der Waals surface area contributed by atoms with Crippen molar-refractivity contribution in [2.24, 2.45) is 11.5 Å². The van der Waals surface area contributed by atoms with Crippen molar-refractivity contribution in [3.05, 3.63) is 260 Å². The van der Waals surface area contributed by atoms with Crippen LogP contribution in [0.15, 0.2) is 170 Å². The summed E-state index contributed by atoms with van der Waals surface area (Å²) in [5.74, 6) is 5.39. The molecule has 4 aromatic carbocycles. The van der Waals surface area contributed by atoms with Gasteiger partial charge in [-0.05, 0) is 173 Å². The molecule has 0 radical (unpaired) electrons. The lowest BCUT2D eigenvalue weighted by atomic mass is 10.0. The Kier molecular flexibility index (Phi) is 43.1. The number of aliphatic hydroxyl groups is 2. The Bertz CT molecular complexity index is 2590. The van der Waals surface area contributed by atoms with Crippen molar-refractivity contribution in [3.63, 3.8) is 0 Å². The highest BCUT2D eigenvalue weighted by molar-refractivity contribution is 7.79. The fraction of sp³-hybridized carbons (Fsp3) is 0.457. The van der Waals surface area contributed by atoms with Crippen molar-refractivity contribution in [1.29, 1.82) is 0 Å². The highest BCUT2D eigenvalue weighted by Crippen LogP contribution is 2.20. The van der Waals surface area contributed by atoms with Crippen molar-refractivity contribution in [2.75, 3.05) is 28.2 Å². The summed E-state index contributed by atoms with van der Waals surface area (Å²) in [5, 5.41) is 17.5. The van der Waals surface area contributed by atoms with Gasteiger partial charge in [-0.3, -0.25) is 19.9 Å². The minimum atomic E-state index is 0.0262. The van der Waals surface area contributed by atoms with E-state index in [0.717, 1.165) is 53.6 Å². The van der Waals surface area contributed by atoms with E-state index >= 15 is 0 Å². The average molecular weight is 1270 g/mol. The van der Waals surface area contributed by atoms with Crippen molar-refractivity contribution in [2.45, 2.75) is 217 Å². The van der Waals surface area contributed by atoms with Crippen molar-refractivity contribution < 1.29 is 10.2 Å². The molecule has 11 heteroatoms. The lowest BCUT2D eigenvalue weighted by molar-refractivity contribution is 0.277. The highest BCUT2D eigenvalue weighted by atomic mass is 32.1. The number of nitrogens with two attached hydrogens (primary N) is 2. The monoisotopic (exact) mass is 1270 g/mol. The van der Waals surface area contributed by atoms with Gasteiger partial charge in [-0.15, -0.1) is 0 Å². The SMILES string of the molecule is CC(C)c1ccc(CN(C)C)cc1.CC(C)c1ccc(CN(C)C)nc1.CC(C)c1ccc(CN)cc1.CC(C)c1ccc(CN)nc1.CC(C)c1ccc(CO)cc1.CC(C)c1ccc(CO)nc1.CC(C)c1ccc(CS)nc1.CCc1ccc(C(C)C)cc1. The van der Waals surface area contributed by atoms with Crippen molar-refractivity contribution in [1.82, 2.24) is 29.7 Å². The molecule has 4 aromatic heterocycles. The summed E-state index contributed by atoms with van der Waals surface area (Å²) >= 11 is 4.13. The maximum Gasteiger partial charge on any atom is 0.0852 e. The van der Waals surface area contributed by atoms with Crippen LogP contribution in [0.5, 0.6) is 0 Å². The predicted octanol–water partition coefficient (Wildman–Crippen LogP) is 19.1. The zero-order chi connectivity index (χ0) is 69.3. The van der Waals surface area contributed by atoms with Crippen LogP contribution in [0.1, 0.15) is 255 Å². The zero-order valence-electron chi connectivity index (χ0n) is 60.6. The third-order valence-corrected chi connectivity index (χ3v) is 15.3. The number of aliphatic hydroxyl groups excluding tert-OH is 2. The maximum atomic E-state index is 8.77. The largest absolute Gasteiger partial charge is 0.392 e. The van der Waals surface area contributed by atoms with Crippen LogP contribution in [0.3, 0.4) is 0 Å². The first-order chi connectivity index (χ1) is 43.6. The molecule has 0 aliphatic carbocycles. The Balaban J connectivity index is 0.000000526. The lowest BCUT2D eigenvalue weighted by Gasteiger charge is -2.11. The van der Waals surface area contributed by atoms with Gasteiger partial charge >= 0.3 is 0 Å². The van der Waals surface area contributed by atoms with Gasteiger partial charge in [0.05, 0.1) is 30.3 Å². The van der Waals surface area contributed by atoms with E-state index in [2.05, 4.69) is 297 Å². The van der Waals surface area contributed by atoms with Gasteiger partial charge in [0.25, 0.3) is 0 Å². The molecule has 504 valence electrons. The van der Waals surface area contributed by atoms with Gasteiger partial charge in [0.1, 0.15) is 0 Å². The van der Waals surface area contributed by atoms with Gasteiger partial charge < -0.3 is 31.5 Å². The Morgan fingerprint density at radius 2 is 0.587 bits per heavy atom. The van der Waals surface area contributed by atoms with E-state index in [1.165, 1.54) is 61.2 Å². The standard InChI is InChI=1S/C12H19N.C11H18N2.C11H16.C10H15N.C10H14O.C9H14N2.C9H13NO.C9H13NS/c1-10(2)12-7-5-11(6-8-12)9-13(3)4;1-9(2)10-5-6-11(12-7-10)8-13(3)4;1-4-10-5-7-11(8-6-10)9(2)3;2*1-8(2)10-5-3-9(7-11)4-6-10;1-7(2)8-3-4-9(5-10)11-6-8;2*1-7(2)8-3-4-9(6-11)10-5-8/h5-8,10H,9H2,1-4H3;5-7,9H,8H2,1-4H3;5-9H,4H2,1-3H3;3-6,8H,7,11H2,1-2H3;3-6,8,11H,7H2,1-2H3;3-4,6-7H,5,10H2,1-2H3;2*3-5,7,11H,6H2,1-2H3. The Morgan fingerprint density at radius 1 is 0.315 bits per heavy atom. The normalized spacial score (nSPS) is 10.7. The molecule has 0 fully saturated rings. The summed E-state index contributed by atoms with van der Waals surface area (Å²) in [6.07, 6.45) is 8.75. The second-order valence-corrected chi connectivity index (χ2v) is 26.6. The van der Waals surface area contributed by atoms with Crippen LogP contribution < -0.4 is 11.5 Å². The second-order valence-electron chi connectivity index (χ2n) is 26.2. The molecular weight excluding hydrogens is 1150 g/mol. The van der Waals surface area contributed by atoms with Crippen LogP contribution >= 0.6 is 12.6 Å². The average Bonchev–Trinajstić information content (AvgIpc) is 2.73. The third kappa shape index (κ3) is 36.1. The molecule has 8 aromatic rings. The number of aryl methyl sites for hydroxylation is 1. The predicted molar refractivity (Wildman–Crippen MR) is 400 cm³/mol. The van der Waals surface area contributed by atoms with Crippen LogP contribution in [-0.4, -0.2) is 68.1 Å². The van der Waals surface area contributed by atoms with Crippen LogP contribution in [0.2, 0.25) is 0 Å². The molecule has 0 aliphatic rings. The van der Waals surface area contributed by atoms with Gasteiger partial charge in [-0.25, -0.2) is 0 Å². The quantitative estimate of drug-likeness (QED) is 0.0526. The molecule has 0 amide bonds. The van der Waals surface area contributed by atoms with E-state index in [9.17, 15) is 0 Å². The Labute approximate surface area is 565 Å². The molecule has 10 nitrogen and oxygen atoms in total. The van der Waals surface area contributed by atoms with Gasteiger partial charge in [0, 0.05) is 62.4 Å². The molecule has 0 bridgehead atoms. The van der Waals surface area contributed by atoms with Gasteiger partial charge in [0.15, 0.2) is 0 Å². The summed E-state index contributed by atoms with van der Waals surface area (Å²) in [6.45, 7) is 40.3. The molecule has 6 N–H and O–H groups in total. The van der Waals surface area contributed by atoms with E-state index in [1.54, 1.807) is 0 Å². The van der Waals surface area contributed by atoms with E-state index in [1.807, 2.05) is 61.2 Å². The van der Waals surface area contributed by atoms with Crippen LogP contribution in [0.4, 0.5) is 0 Å². The van der Waals surface area contributed by atoms with E-state index in [0.29, 0.717) is 60.4 Å². The molecule has 0 atom stereocenters. The Hall–Kier alpha value is -6.41. The van der Waals surface area contributed by atoms with Crippen LogP contribution in [0, 0.1) is 0 Å². The van der Waals surface area contributed by atoms with Crippen LogP contribution in [0.25, 0.3) is 0 Å². The summed E-state index contributed by atoms with van der Waals surface area (Å²) in [7, 11) is 8.29. The number of hydrogen-bond acceptors (Lipinski definition) is 11.